The molecule has 3 heterocycles. The zero-order valence-electron chi connectivity index (χ0n) is 12.6. The molecule has 1 aliphatic rings. The predicted molar refractivity (Wildman–Crippen MR) is 85.8 cm³/mol. The highest BCUT2D eigenvalue weighted by Gasteiger charge is 2.27. The van der Waals surface area contributed by atoms with E-state index >= 15 is 0 Å². The van der Waals surface area contributed by atoms with Gasteiger partial charge in [0.05, 0.1) is 6.04 Å². The highest BCUT2D eigenvalue weighted by atomic mass is 32.2. The number of fused-ring (bicyclic) bond motifs is 1. The SMILES string of the molecule is CSCCC(NC(=O)C1CCCO1)c1nnc2ccccn12. The van der Waals surface area contributed by atoms with Gasteiger partial charge in [-0.2, -0.15) is 11.8 Å². The van der Waals surface area contributed by atoms with E-state index in [2.05, 4.69) is 21.8 Å². The van der Waals surface area contributed by atoms with Gasteiger partial charge in [0.25, 0.3) is 0 Å². The zero-order chi connectivity index (χ0) is 15.4. The summed E-state index contributed by atoms with van der Waals surface area (Å²) in [5.41, 5.74) is 0.790. The Morgan fingerprint density at radius 2 is 2.45 bits per heavy atom. The van der Waals surface area contributed by atoms with Crippen molar-refractivity contribution in [1.29, 1.82) is 0 Å². The summed E-state index contributed by atoms with van der Waals surface area (Å²) in [5, 5.41) is 11.5. The third kappa shape index (κ3) is 3.25. The lowest BCUT2D eigenvalue weighted by atomic mass is 10.1. The van der Waals surface area contributed by atoms with Crippen LogP contribution in [0.3, 0.4) is 0 Å². The first-order valence-electron chi connectivity index (χ1n) is 7.50. The van der Waals surface area contributed by atoms with Crippen LogP contribution in [0.1, 0.15) is 31.1 Å². The van der Waals surface area contributed by atoms with E-state index in [1.165, 1.54) is 0 Å². The molecule has 1 N–H and O–H groups in total. The van der Waals surface area contributed by atoms with Crippen LogP contribution in [-0.4, -0.2) is 45.2 Å². The minimum atomic E-state index is -0.323. The number of amides is 1. The summed E-state index contributed by atoms with van der Waals surface area (Å²) >= 11 is 1.75. The number of nitrogens with one attached hydrogen (secondary N) is 1. The van der Waals surface area contributed by atoms with Gasteiger partial charge in [0, 0.05) is 12.8 Å². The molecule has 0 aliphatic carbocycles. The summed E-state index contributed by atoms with van der Waals surface area (Å²) in [5.74, 6) is 1.67. The van der Waals surface area contributed by atoms with E-state index in [4.69, 9.17) is 4.74 Å². The monoisotopic (exact) mass is 320 g/mol. The van der Waals surface area contributed by atoms with Crippen LogP contribution in [0.5, 0.6) is 0 Å². The minimum Gasteiger partial charge on any atom is -0.368 e. The van der Waals surface area contributed by atoms with Crippen molar-refractivity contribution >= 4 is 23.3 Å². The van der Waals surface area contributed by atoms with Gasteiger partial charge >= 0.3 is 0 Å². The second-order valence-electron chi connectivity index (χ2n) is 5.33. The number of nitrogens with zero attached hydrogens (tertiary/aromatic N) is 3. The van der Waals surface area contributed by atoms with Crippen molar-refractivity contribution in [2.24, 2.45) is 0 Å². The summed E-state index contributed by atoms with van der Waals surface area (Å²) in [6, 6.07) is 5.62. The maximum Gasteiger partial charge on any atom is 0.249 e. The molecule has 2 aromatic heterocycles. The minimum absolute atomic E-state index is 0.0451. The number of hydrogen-bond acceptors (Lipinski definition) is 5. The molecule has 1 fully saturated rings. The summed E-state index contributed by atoms with van der Waals surface area (Å²) < 4.78 is 7.40. The first-order chi connectivity index (χ1) is 10.8. The Morgan fingerprint density at radius 3 is 3.23 bits per heavy atom. The molecule has 6 nitrogen and oxygen atoms in total. The lowest BCUT2D eigenvalue weighted by Crippen LogP contribution is -2.37. The second-order valence-corrected chi connectivity index (χ2v) is 6.32. The van der Waals surface area contributed by atoms with Crippen molar-refractivity contribution in [1.82, 2.24) is 19.9 Å². The molecule has 2 atom stereocenters. The number of rotatable bonds is 6. The Kier molecular flexibility index (Phi) is 4.94. The van der Waals surface area contributed by atoms with Crippen LogP contribution in [0.4, 0.5) is 0 Å². The number of carbonyl (C=O) groups is 1. The standard InChI is InChI=1S/C15H20N4O2S/c1-22-10-7-11(16-15(20)12-5-4-9-21-12)14-18-17-13-6-2-3-8-19(13)14/h2-3,6,8,11-12H,4-5,7,9-10H2,1H3,(H,16,20). The fourth-order valence-electron chi connectivity index (χ4n) is 2.65. The number of aromatic nitrogens is 3. The Morgan fingerprint density at radius 1 is 1.55 bits per heavy atom. The average molecular weight is 320 g/mol. The molecule has 0 saturated carbocycles. The van der Waals surface area contributed by atoms with Gasteiger partial charge in [-0.15, -0.1) is 10.2 Å². The predicted octanol–water partition coefficient (Wildman–Crippen LogP) is 1.82. The van der Waals surface area contributed by atoms with E-state index in [-0.39, 0.29) is 18.1 Å². The van der Waals surface area contributed by atoms with Crippen molar-refractivity contribution in [2.45, 2.75) is 31.4 Å². The van der Waals surface area contributed by atoms with E-state index < -0.39 is 0 Å². The normalized spacial score (nSPS) is 19.4. The summed E-state index contributed by atoms with van der Waals surface area (Å²) in [7, 11) is 0. The molecule has 7 heteroatoms. The summed E-state index contributed by atoms with van der Waals surface area (Å²) in [6.45, 7) is 0.668. The largest absolute Gasteiger partial charge is 0.368 e. The van der Waals surface area contributed by atoms with E-state index in [1.54, 1.807) is 11.8 Å². The van der Waals surface area contributed by atoms with Gasteiger partial charge in [-0.1, -0.05) is 6.07 Å². The smallest absolute Gasteiger partial charge is 0.249 e. The molecule has 2 unspecified atom stereocenters. The molecular formula is C15H20N4O2S. The molecule has 1 aliphatic heterocycles. The fourth-order valence-corrected chi connectivity index (χ4v) is 3.12. The third-order valence-electron chi connectivity index (χ3n) is 3.80. The van der Waals surface area contributed by atoms with E-state index in [0.717, 1.165) is 36.5 Å². The van der Waals surface area contributed by atoms with Crippen LogP contribution in [-0.2, 0) is 9.53 Å². The average Bonchev–Trinajstić information content (AvgIpc) is 3.20. The molecular weight excluding hydrogens is 300 g/mol. The van der Waals surface area contributed by atoms with Crippen LogP contribution in [0, 0.1) is 0 Å². The lowest BCUT2D eigenvalue weighted by molar-refractivity contribution is -0.130. The van der Waals surface area contributed by atoms with Crippen LogP contribution in [0.25, 0.3) is 5.65 Å². The van der Waals surface area contributed by atoms with Gasteiger partial charge < -0.3 is 10.1 Å². The maximum absolute atomic E-state index is 12.3. The van der Waals surface area contributed by atoms with Crippen LogP contribution in [0.15, 0.2) is 24.4 Å². The van der Waals surface area contributed by atoms with E-state index in [1.807, 2.05) is 28.8 Å². The van der Waals surface area contributed by atoms with E-state index in [9.17, 15) is 4.79 Å². The van der Waals surface area contributed by atoms with Gasteiger partial charge in [-0.3, -0.25) is 9.20 Å². The molecule has 1 saturated heterocycles. The zero-order valence-corrected chi connectivity index (χ0v) is 13.4. The number of hydrogen-bond donors (Lipinski definition) is 1. The molecule has 3 rings (SSSR count). The van der Waals surface area contributed by atoms with Gasteiger partial charge in [0.1, 0.15) is 6.10 Å². The van der Waals surface area contributed by atoms with Gasteiger partial charge in [-0.25, -0.2) is 0 Å². The Hall–Kier alpha value is -1.60. The lowest BCUT2D eigenvalue weighted by Gasteiger charge is -2.19. The Balaban J connectivity index is 1.80. The number of thioether (sulfide) groups is 1. The highest BCUT2D eigenvalue weighted by molar-refractivity contribution is 7.98. The molecule has 22 heavy (non-hydrogen) atoms. The van der Waals surface area contributed by atoms with Crippen molar-refractivity contribution in [3.8, 4) is 0 Å². The van der Waals surface area contributed by atoms with Crippen LogP contribution in [0.2, 0.25) is 0 Å². The quantitative estimate of drug-likeness (QED) is 0.879. The Labute approximate surface area is 133 Å². The topological polar surface area (TPSA) is 68.5 Å². The highest BCUT2D eigenvalue weighted by Crippen LogP contribution is 2.20. The maximum atomic E-state index is 12.3. The first kappa shape index (κ1) is 15.3. The van der Waals surface area contributed by atoms with Gasteiger partial charge in [0.2, 0.25) is 5.91 Å². The summed E-state index contributed by atoms with van der Waals surface area (Å²) in [6.07, 6.45) is 6.21. The van der Waals surface area contributed by atoms with Crippen molar-refractivity contribution in [3.63, 3.8) is 0 Å². The van der Waals surface area contributed by atoms with E-state index in [0.29, 0.717) is 6.61 Å². The third-order valence-corrected chi connectivity index (χ3v) is 4.44. The molecule has 118 valence electrons. The van der Waals surface area contributed by atoms with Crippen molar-refractivity contribution in [3.05, 3.63) is 30.2 Å². The second kappa shape index (κ2) is 7.11. The van der Waals surface area contributed by atoms with Gasteiger partial charge in [0.15, 0.2) is 11.5 Å². The molecule has 2 aromatic rings. The van der Waals surface area contributed by atoms with Crippen molar-refractivity contribution < 1.29 is 9.53 Å². The molecule has 0 radical (unpaired) electrons. The molecule has 1 amide bonds. The summed E-state index contributed by atoms with van der Waals surface area (Å²) in [4.78, 5) is 12.3. The molecule has 0 bridgehead atoms. The Bertz CT molecular complexity index is 639. The molecule has 0 spiro atoms. The van der Waals surface area contributed by atoms with Crippen LogP contribution >= 0.6 is 11.8 Å². The first-order valence-corrected chi connectivity index (χ1v) is 8.89. The van der Waals surface area contributed by atoms with Gasteiger partial charge in [-0.05, 0) is 43.4 Å². The molecule has 0 aromatic carbocycles. The van der Waals surface area contributed by atoms with Crippen LogP contribution < -0.4 is 5.32 Å². The number of carbonyl (C=O) groups excluding carboxylic acids is 1. The number of pyridine rings is 1. The number of ether oxygens (including phenoxy) is 1. The van der Waals surface area contributed by atoms with Crippen molar-refractivity contribution in [2.75, 3.05) is 18.6 Å². The fraction of sp³-hybridized carbons (Fsp3) is 0.533.